The van der Waals surface area contributed by atoms with E-state index in [1.807, 2.05) is 0 Å². The van der Waals surface area contributed by atoms with Crippen LogP contribution in [0.2, 0.25) is 5.02 Å². The van der Waals surface area contributed by atoms with Gasteiger partial charge >= 0.3 is 5.97 Å². The summed E-state index contributed by atoms with van der Waals surface area (Å²) in [5.41, 5.74) is 0.578. The van der Waals surface area contributed by atoms with Crippen molar-refractivity contribution < 1.29 is 17.9 Å². The fraction of sp³-hybridized carbons (Fsp3) is 0.308. The molecule has 8 heteroatoms. The van der Waals surface area contributed by atoms with Gasteiger partial charge in [-0.15, -0.1) is 0 Å². The van der Waals surface area contributed by atoms with E-state index in [0.29, 0.717) is 12.2 Å². The van der Waals surface area contributed by atoms with Gasteiger partial charge in [-0.05, 0) is 18.2 Å². The van der Waals surface area contributed by atoms with Gasteiger partial charge in [-0.25, -0.2) is 17.5 Å². The Morgan fingerprint density at radius 1 is 1.43 bits per heavy atom. The smallest absolute Gasteiger partial charge is 0.330 e. The molecule has 0 aliphatic rings. The molecule has 0 heterocycles. The van der Waals surface area contributed by atoms with Crippen LogP contribution in [0.25, 0.3) is 0 Å². The summed E-state index contributed by atoms with van der Waals surface area (Å²) in [5.74, 6) is -0.455. The monoisotopic (exact) mass is 332 g/mol. The molecule has 0 atom stereocenters. The average molecular weight is 333 g/mol. The Morgan fingerprint density at radius 3 is 2.67 bits per heavy atom. The minimum Gasteiger partial charge on any atom is -0.466 e. The number of rotatable bonds is 6. The predicted molar refractivity (Wildman–Crippen MR) is 82.0 cm³/mol. The van der Waals surface area contributed by atoms with Crippen LogP contribution in [0.15, 0.2) is 35.2 Å². The molecule has 1 rings (SSSR count). The van der Waals surface area contributed by atoms with Crippen molar-refractivity contribution >= 4 is 33.3 Å². The van der Waals surface area contributed by atoms with Crippen molar-refractivity contribution in [3.8, 4) is 0 Å². The van der Waals surface area contributed by atoms with Crippen LogP contribution in [0.1, 0.15) is 0 Å². The number of nitrogens with zero attached hydrogens (tertiary/aromatic N) is 1. The number of carbonyl (C=O) groups is 1. The molecule has 1 aromatic rings. The molecular formula is C13H17ClN2O4S. The molecule has 116 valence electrons. The van der Waals surface area contributed by atoms with Gasteiger partial charge in [0.15, 0.2) is 0 Å². The van der Waals surface area contributed by atoms with Gasteiger partial charge in [0.2, 0.25) is 10.0 Å². The molecule has 0 saturated carbocycles. The lowest BCUT2D eigenvalue weighted by Crippen LogP contribution is -2.22. The van der Waals surface area contributed by atoms with Crippen LogP contribution in [-0.4, -0.2) is 46.4 Å². The largest absolute Gasteiger partial charge is 0.466 e. The summed E-state index contributed by atoms with van der Waals surface area (Å²) in [5, 5.41) is 3.12. The Labute approximate surface area is 129 Å². The van der Waals surface area contributed by atoms with Crippen LogP contribution < -0.4 is 5.32 Å². The number of hydrogen-bond donors (Lipinski definition) is 1. The van der Waals surface area contributed by atoms with E-state index in [9.17, 15) is 13.2 Å². The molecule has 0 unspecified atom stereocenters. The maximum atomic E-state index is 12.1. The minimum absolute atomic E-state index is 0.0242. The van der Waals surface area contributed by atoms with Crippen LogP contribution in [-0.2, 0) is 19.6 Å². The van der Waals surface area contributed by atoms with Gasteiger partial charge in [0.25, 0.3) is 0 Å². The highest BCUT2D eigenvalue weighted by Gasteiger charge is 2.20. The van der Waals surface area contributed by atoms with E-state index in [-0.39, 0.29) is 9.92 Å². The zero-order chi connectivity index (χ0) is 16.0. The first kappa shape index (κ1) is 17.5. The van der Waals surface area contributed by atoms with Gasteiger partial charge in [0.1, 0.15) is 4.90 Å². The maximum absolute atomic E-state index is 12.1. The molecule has 1 aromatic carbocycles. The molecular weight excluding hydrogens is 316 g/mol. The number of esters is 1. The lowest BCUT2D eigenvalue weighted by Gasteiger charge is -2.14. The topological polar surface area (TPSA) is 75.7 Å². The zero-order valence-electron chi connectivity index (χ0n) is 12.0. The number of ether oxygens (including phenoxy) is 1. The van der Waals surface area contributed by atoms with Crippen molar-refractivity contribution in [3.05, 3.63) is 35.4 Å². The van der Waals surface area contributed by atoms with Crippen molar-refractivity contribution in [3.63, 3.8) is 0 Å². The number of hydrogen-bond acceptors (Lipinski definition) is 5. The van der Waals surface area contributed by atoms with Crippen molar-refractivity contribution in [2.45, 2.75) is 4.90 Å². The van der Waals surface area contributed by atoms with E-state index in [2.05, 4.69) is 10.1 Å². The molecule has 0 aliphatic carbocycles. The molecule has 0 aliphatic heterocycles. The fourth-order valence-corrected chi connectivity index (χ4v) is 2.80. The Balaban J connectivity index is 2.88. The molecule has 6 nitrogen and oxygen atoms in total. The van der Waals surface area contributed by atoms with E-state index in [1.54, 1.807) is 12.1 Å². The molecule has 0 bridgehead atoms. The Morgan fingerprint density at radius 2 is 2.10 bits per heavy atom. The molecule has 1 N–H and O–H groups in total. The van der Waals surface area contributed by atoms with Gasteiger partial charge in [-0.1, -0.05) is 17.7 Å². The fourth-order valence-electron chi connectivity index (χ4n) is 1.41. The van der Waals surface area contributed by atoms with Crippen molar-refractivity contribution in [2.75, 3.05) is 33.1 Å². The zero-order valence-corrected chi connectivity index (χ0v) is 13.5. The van der Waals surface area contributed by atoms with E-state index in [4.69, 9.17) is 11.6 Å². The molecule has 0 amide bonds. The normalized spacial score (nSPS) is 11.9. The van der Waals surface area contributed by atoms with E-state index in [0.717, 1.165) is 4.31 Å². The number of sulfonamides is 1. The van der Waals surface area contributed by atoms with E-state index < -0.39 is 16.0 Å². The van der Waals surface area contributed by atoms with Crippen LogP contribution in [0.3, 0.4) is 0 Å². The highest BCUT2D eigenvalue weighted by molar-refractivity contribution is 7.89. The molecule has 0 radical (unpaired) electrons. The molecule has 0 saturated heterocycles. The summed E-state index contributed by atoms with van der Waals surface area (Å²) >= 11 is 5.94. The Hall–Kier alpha value is -1.57. The summed E-state index contributed by atoms with van der Waals surface area (Å²) in [6.45, 7) is 0.345. The van der Waals surface area contributed by atoms with Gasteiger partial charge in [-0.3, -0.25) is 0 Å². The maximum Gasteiger partial charge on any atom is 0.330 e. The highest BCUT2D eigenvalue weighted by atomic mass is 35.5. The number of benzene rings is 1. The quantitative estimate of drug-likeness (QED) is 0.634. The first-order chi connectivity index (χ1) is 9.78. The second-order valence-corrected chi connectivity index (χ2v) is 6.77. The minimum atomic E-state index is -3.61. The first-order valence-electron chi connectivity index (χ1n) is 5.99. The highest BCUT2D eigenvalue weighted by Crippen LogP contribution is 2.26. The average Bonchev–Trinajstić information content (AvgIpc) is 2.44. The molecule has 0 aromatic heterocycles. The third kappa shape index (κ3) is 4.73. The second kappa shape index (κ2) is 7.44. The van der Waals surface area contributed by atoms with Crippen molar-refractivity contribution in [2.24, 2.45) is 0 Å². The van der Waals surface area contributed by atoms with Crippen molar-refractivity contribution in [1.82, 2.24) is 4.31 Å². The number of halogens is 1. The van der Waals surface area contributed by atoms with Crippen molar-refractivity contribution in [1.29, 1.82) is 0 Å². The molecule has 21 heavy (non-hydrogen) atoms. The number of anilines is 1. The van der Waals surface area contributed by atoms with Crippen LogP contribution in [0.5, 0.6) is 0 Å². The Bertz CT molecular complexity index is 642. The number of methoxy groups -OCH3 is 1. The predicted octanol–water partition coefficient (Wildman–Crippen LogP) is 1.73. The Kier molecular flexibility index (Phi) is 6.19. The van der Waals surface area contributed by atoms with E-state index in [1.165, 1.54) is 39.4 Å². The van der Waals surface area contributed by atoms with Gasteiger partial charge < -0.3 is 10.1 Å². The van der Waals surface area contributed by atoms with Crippen LogP contribution >= 0.6 is 11.6 Å². The first-order valence-corrected chi connectivity index (χ1v) is 7.81. The van der Waals surface area contributed by atoms with Gasteiger partial charge in [-0.2, -0.15) is 0 Å². The third-order valence-electron chi connectivity index (χ3n) is 2.57. The lowest BCUT2D eigenvalue weighted by atomic mass is 10.3. The number of carbonyl (C=O) groups excluding carboxylic acids is 1. The number of nitrogens with one attached hydrogen (secondary N) is 1. The summed E-state index contributed by atoms with van der Waals surface area (Å²) in [4.78, 5) is 10.9. The van der Waals surface area contributed by atoms with Gasteiger partial charge in [0.05, 0.1) is 12.1 Å². The summed E-state index contributed by atoms with van der Waals surface area (Å²) < 4.78 is 29.7. The van der Waals surface area contributed by atoms with Crippen LogP contribution in [0, 0.1) is 0 Å². The summed E-state index contributed by atoms with van der Waals surface area (Å²) in [6.07, 6.45) is 2.85. The summed E-state index contributed by atoms with van der Waals surface area (Å²) in [7, 11) is 0.551. The SMILES string of the molecule is COC(=O)/C=C/CNc1ccc(Cl)c(S(=O)(=O)N(C)C)c1. The third-order valence-corrected chi connectivity index (χ3v) is 4.87. The van der Waals surface area contributed by atoms with Gasteiger partial charge in [0, 0.05) is 32.4 Å². The molecule has 0 fully saturated rings. The van der Waals surface area contributed by atoms with E-state index >= 15 is 0 Å². The second-order valence-electron chi connectivity index (χ2n) is 4.24. The summed E-state index contributed by atoms with van der Waals surface area (Å²) in [6, 6.07) is 4.61. The lowest BCUT2D eigenvalue weighted by molar-refractivity contribution is -0.134. The standard InChI is InChI=1S/C13H17ClN2O4S/c1-16(2)21(18,19)12-9-10(6-7-11(12)14)15-8-4-5-13(17)20-3/h4-7,9,15H,8H2,1-3H3/b5-4+. The molecule has 0 spiro atoms. The van der Waals surface area contributed by atoms with Crippen LogP contribution in [0.4, 0.5) is 5.69 Å².